The number of thiazole rings is 1. The van der Waals surface area contributed by atoms with E-state index in [1.54, 1.807) is 13.2 Å². The van der Waals surface area contributed by atoms with Crippen molar-refractivity contribution in [3.63, 3.8) is 0 Å². The largest absolute Gasteiger partial charge is 0.497 e. The van der Waals surface area contributed by atoms with Crippen LogP contribution >= 0.6 is 11.3 Å². The number of nitrogens with zero attached hydrogens (tertiary/aromatic N) is 3. The minimum Gasteiger partial charge on any atom is -0.497 e. The number of rotatable bonds is 6. The molecule has 1 amide bonds. The molecule has 3 aromatic rings. The SMILES string of the molecule is COc1ccc(-c2csc(NC(=O)[C@H]3CCCCN3S(=O)(=O)c3cccc(C#N)c3)n2)cc1. The molecule has 10 heteroatoms. The van der Waals surface area contributed by atoms with E-state index in [4.69, 9.17) is 10.00 Å². The van der Waals surface area contributed by atoms with E-state index in [0.717, 1.165) is 17.7 Å². The highest BCUT2D eigenvalue weighted by Gasteiger charge is 2.38. The molecule has 2 aromatic carbocycles. The maximum Gasteiger partial charge on any atom is 0.244 e. The van der Waals surface area contributed by atoms with Gasteiger partial charge in [-0.05, 0) is 55.3 Å². The fourth-order valence-corrected chi connectivity index (χ4v) is 6.16. The van der Waals surface area contributed by atoms with Crippen LogP contribution in [0.1, 0.15) is 24.8 Å². The van der Waals surface area contributed by atoms with E-state index < -0.39 is 22.0 Å². The summed E-state index contributed by atoms with van der Waals surface area (Å²) in [4.78, 5) is 17.6. The first-order chi connectivity index (χ1) is 15.9. The predicted octanol–water partition coefficient (Wildman–Crippen LogP) is 3.87. The van der Waals surface area contributed by atoms with Crippen LogP contribution < -0.4 is 10.1 Å². The molecule has 1 aliphatic heterocycles. The van der Waals surface area contributed by atoms with Crippen LogP contribution in [0.5, 0.6) is 5.75 Å². The minimum atomic E-state index is -3.93. The summed E-state index contributed by atoms with van der Waals surface area (Å²) >= 11 is 1.28. The van der Waals surface area contributed by atoms with Crippen molar-refractivity contribution in [2.75, 3.05) is 19.0 Å². The molecule has 0 aliphatic carbocycles. The van der Waals surface area contributed by atoms with E-state index in [1.807, 2.05) is 35.7 Å². The Bertz CT molecular complexity index is 1300. The number of piperidine rings is 1. The lowest BCUT2D eigenvalue weighted by molar-refractivity contribution is -0.120. The van der Waals surface area contributed by atoms with Gasteiger partial charge in [-0.3, -0.25) is 4.79 Å². The monoisotopic (exact) mass is 482 g/mol. The van der Waals surface area contributed by atoms with E-state index in [-0.39, 0.29) is 17.0 Å². The van der Waals surface area contributed by atoms with Gasteiger partial charge in [-0.1, -0.05) is 12.5 Å². The number of anilines is 1. The smallest absolute Gasteiger partial charge is 0.244 e. The van der Waals surface area contributed by atoms with E-state index in [9.17, 15) is 13.2 Å². The molecule has 1 aromatic heterocycles. The Kier molecular flexibility index (Phi) is 6.74. The Morgan fingerprint density at radius 3 is 2.76 bits per heavy atom. The van der Waals surface area contributed by atoms with Gasteiger partial charge in [0.05, 0.1) is 29.3 Å². The molecule has 33 heavy (non-hydrogen) atoms. The molecule has 2 heterocycles. The zero-order valence-corrected chi connectivity index (χ0v) is 19.5. The Balaban J connectivity index is 1.53. The molecule has 0 unspecified atom stereocenters. The summed E-state index contributed by atoms with van der Waals surface area (Å²) in [6.07, 6.45) is 1.83. The van der Waals surface area contributed by atoms with Crippen molar-refractivity contribution >= 4 is 32.4 Å². The first kappa shape index (κ1) is 22.9. The molecule has 4 rings (SSSR count). The van der Waals surface area contributed by atoms with E-state index >= 15 is 0 Å². The topological polar surface area (TPSA) is 112 Å². The number of aromatic nitrogens is 1. The average molecular weight is 483 g/mol. The Labute approximate surface area is 196 Å². The van der Waals surface area contributed by atoms with Crippen molar-refractivity contribution in [1.82, 2.24) is 9.29 Å². The Morgan fingerprint density at radius 2 is 2.03 bits per heavy atom. The van der Waals surface area contributed by atoms with E-state index in [2.05, 4.69) is 10.3 Å². The number of carbonyl (C=O) groups is 1. The van der Waals surface area contributed by atoms with Crippen LogP contribution in [-0.2, 0) is 14.8 Å². The molecular weight excluding hydrogens is 460 g/mol. The Hall–Kier alpha value is -3.26. The number of carbonyl (C=O) groups excluding carboxylic acids is 1. The molecule has 1 fully saturated rings. The lowest BCUT2D eigenvalue weighted by Gasteiger charge is -2.33. The number of hydrogen-bond donors (Lipinski definition) is 1. The fraction of sp³-hybridized carbons (Fsp3) is 0.261. The van der Waals surface area contributed by atoms with Gasteiger partial charge in [0.25, 0.3) is 0 Å². The number of amides is 1. The number of nitrogens with one attached hydrogen (secondary N) is 1. The highest BCUT2D eigenvalue weighted by atomic mass is 32.2. The van der Waals surface area contributed by atoms with Crippen molar-refractivity contribution in [2.45, 2.75) is 30.2 Å². The molecule has 1 N–H and O–H groups in total. The molecule has 0 bridgehead atoms. The molecule has 0 saturated carbocycles. The number of methoxy groups -OCH3 is 1. The molecule has 8 nitrogen and oxygen atoms in total. The standard InChI is InChI=1S/C23H22N4O4S2/c1-31-18-10-8-17(9-11-18)20-15-32-23(25-20)26-22(28)21-7-2-3-12-27(21)33(29,30)19-6-4-5-16(13-19)14-24/h4-6,8-11,13,15,21H,2-3,7,12H2,1H3,(H,25,26,28)/t21-/m1/s1. The third kappa shape index (κ3) is 4.90. The van der Waals surface area contributed by atoms with Gasteiger partial charge in [0.1, 0.15) is 11.8 Å². The zero-order valence-electron chi connectivity index (χ0n) is 17.9. The van der Waals surface area contributed by atoms with Gasteiger partial charge in [0.15, 0.2) is 5.13 Å². The van der Waals surface area contributed by atoms with Gasteiger partial charge >= 0.3 is 0 Å². The van der Waals surface area contributed by atoms with E-state index in [1.165, 1.54) is 33.8 Å². The van der Waals surface area contributed by atoms with Crippen molar-refractivity contribution < 1.29 is 17.9 Å². The molecular formula is C23H22N4O4S2. The summed E-state index contributed by atoms with van der Waals surface area (Å²) in [5.41, 5.74) is 1.84. The fourth-order valence-electron chi connectivity index (χ4n) is 3.73. The van der Waals surface area contributed by atoms with Gasteiger partial charge in [0, 0.05) is 17.5 Å². The summed E-state index contributed by atoms with van der Waals surface area (Å²) < 4.78 is 33.0. The number of ether oxygens (including phenoxy) is 1. The highest BCUT2D eigenvalue weighted by molar-refractivity contribution is 7.89. The Morgan fingerprint density at radius 1 is 1.24 bits per heavy atom. The van der Waals surface area contributed by atoms with Crippen LogP contribution in [0.15, 0.2) is 58.8 Å². The number of hydrogen-bond acceptors (Lipinski definition) is 7. The molecule has 1 atom stereocenters. The second-order valence-corrected chi connectivity index (χ2v) is 10.3. The van der Waals surface area contributed by atoms with Crippen molar-refractivity contribution in [2.24, 2.45) is 0 Å². The van der Waals surface area contributed by atoms with Gasteiger partial charge in [-0.15, -0.1) is 11.3 Å². The minimum absolute atomic E-state index is 0.0114. The van der Waals surface area contributed by atoms with E-state index in [0.29, 0.717) is 23.7 Å². The maximum atomic E-state index is 13.3. The third-order valence-electron chi connectivity index (χ3n) is 5.45. The van der Waals surface area contributed by atoms with Crippen LogP contribution in [0, 0.1) is 11.3 Å². The predicted molar refractivity (Wildman–Crippen MR) is 125 cm³/mol. The lowest BCUT2D eigenvalue weighted by Crippen LogP contribution is -2.49. The lowest BCUT2D eigenvalue weighted by atomic mass is 10.0. The summed E-state index contributed by atoms with van der Waals surface area (Å²) in [6.45, 7) is 0.242. The second-order valence-electron chi connectivity index (χ2n) is 7.52. The highest BCUT2D eigenvalue weighted by Crippen LogP contribution is 2.29. The van der Waals surface area contributed by atoms with Gasteiger partial charge in [-0.2, -0.15) is 9.57 Å². The molecule has 170 valence electrons. The molecule has 1 saturated heterocycles. The normalized spacial score (nSPS) is 16.7. The summed E-state index contributed by atoms with van der Waals surface area (Å²) in [7, 11) is -2.34. The quantitative estimate of drug-likeness (QED) is 0.571. The average Bonchev–Trinajstić information content (AvgIpc) is 3.32. The van der Waals surface area contributed by atoms with Crippen molar-refractivity contribution in [1.29, 1.82) is 5.26 Å². The number of benzene rings is 2. The first-order valence-electron chi connectivity index (χ1n) is 10.3. The van der Waals surface area contributed by atoms with Gasteiger partial charge < -0.3 is 10.1 Å². The van der Waals surface area contributed by atoms with Gasteiger partial charge in [-0.25, -0.2) is 13.4 Å². The third-order valence-corrected chi connectivity index (χ3v) is 8.11. The summed E-state index contributed by atoms with van der Waals surface area (Å²) in [5, 5.41) is 14.1. The van der Waals surface area contributed by atoms with Crippen LogP contribution in [0.3, 0.4) is 0 Å². The van der Waals surface area contributed by atoms with Crippen LogP contribution in [0.25, 0.3) is 11.3 Å². The maximum absolute atomic E-state index is 13.3. The molecule has 1 aliphatic rings. The number of sulfonamides is 1. The van der Waals surface area contributed by atoms with Crippen LogP contribution in [0.2, 0.25) is 0 Å². The molecule has 0 spiro atoms. The van der Waals surface area contributed by atoms with Crippen molar-refractivity contribution in [3.8, 4) is 23.1 Å². The van der Waals surface area contributed by atoms with Gasteiger partial charge in [0.2, 0.25) is 15.9 Å². The van der Waals surface area contributed by atoms with Crippen LogP contribution in [-0.4, -0.2) is 43.3 Å². The molecule has 0 radical (unpaired) electrons. The first-order valence-corrected chi connectivity index (χ1v) is 12.7. The van der Waals surface area contributed by atoms with Crippen LogP contribution in [0.4, 0.5) is 5.13 Å². The second kappa shape index (κ2) is 9.70. The number of nitriles is 1. The zero-order chi connectivity index (χ0) is 23.4. The summed E-state index contributed by atoms with van der Waals surface area (Å²) in [5.74, 6) is 0.326. The van der Waals surface area contributed by atoms with Crippen molar-refractivity contribution in [3.05, 3.63) is 59.5 Å². The summed E-state index contributed by atoms with van der Waals surface area (Å²) in [6, 6.07) is 14.4.